The Morgan fingerprint density at radius 2 is 2.19 bits per heavy atom. The van der Waals surface area contributed by atoms with E-state index in [1.165, 1.54) is 0 Å². The minimum absolute atomic E-state index is 0.225. The van der Waals surface area contributed by atoms with Gasteiger partial charge >= 0.3 is 5.97 Å². The number of hydrogen-bond acceptors (Lipinski definition) is 2. The Balaban J connectivity index is 2.69. The maximum Gasteiger partial charge on any atom is 0.352 e. The van der Waals surface area contributed by atoms with Crippen LogP contribution in [0.4, 0.5) is 0 Å². The van der Waals surface area contributed by atoms with Gasteiger partial charge in [0, 0.05) is 11.6 Å². The van der Waals surface area contributed by atoms with Crippen molar-refractivity contribution < 1.29 is 9.90 Å². The Morgan fingerprint density at radius 3 is 2.75 bits per heavy atom. The molecule has 0 aliphatic heterocycles. The number of aromatic carboxylic acids is 1. The van der Waals surface area contributed by atoms with Crippen LogP contribution in [-0.4, -0.2) is 21.0 Å². The second-order valence-corrected chi connectivity index (χ2v) is 4.25. The van der Waals surface area contributed by atoms with Gasteiger partial charge in [-0.3, -0.25) is 0 Å². The predicted octanol–water partition coefficient (Wildman–Crippen LogP) is 2.69. The van der Waals surface area contributed by atoms with Crippen LogP contribution in [0.15, 0.2) is 12.3 Å². The average molecular weight is 218 g/mol. The monoisotopic (exact) mass is 218 g/mol. The first kappa shape index (κ1) is 10.7. The summed E-state index contributed by atoms with van der Waals surface area (Å²) in [6, 6.07) is 2.01. The fourth-order valence-electron chi connectivity index (χ4n) is 1.74. The van der Waals surface area contributed by atoms with Crippen molar-refractivity contribution in [3.63, 3.8) is 0 Å². The van der Waals surface area contributed by atoms with Crippen molar-refractivity contribution >= 4 is 17.0 Å². The normalized spacial score (nSPS) is 11.2. The van der Waals surface area contributed by atoms with Crippen LogP contribution in [0.3, 0.4) is 0 Å². The van der Waals surface area contributed by atoms with Crippen LogP contribution in [-0.2, 0) is 0 Å². The molecular formula is C12H14N2O2. The Morgan fingerprint density at radius 1 is 1.50 bits per heavy atom. The number of nitrogens with zero attached hydrogens (tertiary/aromatic N) is 1. The van der Waals surface area contributed by atoms with Crippen LogP contribution in [0.2, 0.25) is 0 Å². The topological polar surface area (TPSA) is 66.0 Å². The summed E-state index contributed by atoms with van der Waals surface area (Å²) < 4.78 is 0. The van der Waals surface area contributed by atoms with Crippen molar-refractivity contribution in [3.8, 4) is 0 Å². The molecule has 2 aromatic rings. The molecule has 0 saturated carbocycles. The molecule has 0 saturated heterocycles. The van der Waals surface area contributed by atoms with E-state index in [-0.39, 0.29) is 5.69 Å². The molecule has 2 rings (SSSR count). The average Bonchev–Trinajstić information content (AvgIpc) is 2.56. The van der Waals surface area contributed by atoms with Crippen molar-refractivity contribution in [1.82, 2.24) is 9.97 Å². The summed E-state index contributed by atoms with van der Waals surface area (Å²) in [6.45, 7) is 5.97. The number of hydrogen-bond donors (Lipinski definition) is 2. The lowest BCUT2D eigenvalue weighted by molar-refractivity contribution is 0.0690. The Labute approximate surface area is 93.3 Å². The molecule has 2 heterocycles. The molecule has 4 nitrogen and oxygen atoms in total. The Kier molecular flexibility index (Phi) is 2.42. The molecule has 0 aliphatic carbocycles. The van der Waals surface area contributed by atoms with Crippen LogP contribution in [0.1, 0.15) is 41.4 Å². The van der Waals surface area contributed by atoms with Crippen LogP contribution in [0.5, 0.6) is 0 Å². The molecule has 0 radical (unpaired) electrons. The summed E-state index contributed by atoms with van der Waals surface area (Å²) >= 11 is 0. The van der Waals surface area contributed by atoms with Crippen molar-refractivity contribution in [2.24, 2.45) is 0 Å². The van der Waals surface area contributed by atoms with Gasteiger partial charge < -0.3 is 10.1 Å². The third kappa shape index (κ3) is 1.56. The molecule has 2 N–H and O–H groups in total. The van der Waals surface area contributed by atoms with Gasteiger partial charge in [0.05, 0.1) is 0 Å². The van der Waals surface area contributed by atoms with Gasteiger partial charge in [-0.25, -0.2) is 9.78 Å². The van der Waals surface area contributed by atoms with Gasteiger partial charge in [0.2, 0.25) is 0 Å². The molecule has 84 valence electrons. The summed E-state index contributed by atoms with van der Waals surface area (Å²) in [5, 5.41) is 9.88. The van der Waals surface area contributed by atoms with E-state index < -0.39 is 5.97 Å². The van der Waals surface area contributed by atoms with Crippen LogP contribution < -0.4 is 0 Å². The molecule has 2 aromatic heterocycles. The highest BCUT2D eigenvalue weighted by molar-refractivity contribution is 5.96. The number of aromatic nitrogens is 2. The van der Waals surface area contributed by atoms with Crippen molar-refractivity contribution in [2.45, 2.75) is 26.7 Å². The second kappa shape index (κ2) is 3.63. The zero-order valence-electron chi connectivity index (χ0n) is 9.53. The van der Waals surface area contributed by atoms with Gasteiger partial charge in [-0.1, -0.05) is 13.8 Å². The van der Waals surface area contributed by atoms with Crippen LogP contribution in [0, 0.1) is 6.92 Å². The van der Waals surface area contributed by atoms with E-state index in [0.29, 0.717) is 11.6 Å². The molecule has 0 atom stereocenters. The Bertz CT molecular complexity index is 555. The number of carboxylic acid groups (broad SMARTS) is 1. The highest BCUT2D eigenvalue weighted by Crippen LogP contribution is 2.24. The summed E-state index contributed by atoms with van der Waals surface area (Å²) in [7, 11) is 0. The van der Waals surface area contributed by atoms with E-state index >= 15 is 0 Å². The van der Waals surface area contributed by atoms with Gasteiger partial charge in [0.1, 0.15) is 11.3 Å². The lowest BCUT2D eigenvalue weighted by Crippen LogP contribution is -1.98. The molecule has 0 aliphatic rings. The zero-order valence-corrected chi connectivity index (χ0v) is 9.53. The third-order valence-corrected chi connectivity index (χ3v) is 2.81. The first-order valence-corrected chi connectivity index (χ1v) is 5.22. The maximum absolute atomic E-state index is 11.0. The van der Waals surface area contributed by atoms with E-state index in [1.807, 2.05) is 6.07 Å². The van der Waals surface area contributed by atoms with E-state index in [2.05, 4.69) is 23.8 Å². The van der Waals surface area contributed by atoms with Crippen molar-refractivity contribution in [1.29, 1.82) is 0 Å². The molecule has 0 amide bonds. The van der Waals surface area contributed by atoms with Gasteiger partial charge in [0.25, 0.3) is 0 Å². The number of fused-ring (bicyclic) bond motifs is 1. The number of aromatic amines is 1. The quantitative estimate of drug-likeness (QED) is 0.814. The fraction of sp³-hybridized carbons (Fsp3) is 0.333. The molecule has 0 unspecified atom stereocenters. The first-order chi connectivity index (χ1) is 7.50. The third-order valence-electron chi connectivity index (χ3n) is 2.81. The summed E-state index contributed by atoms with van der Waals surface area (Å²) in [6.07, 6.45) is 1.79. The number of nitrogens with one attached hydrogen (secondary N) is 1. The predicted molar refractivity (Wildman–Crippen MR) is 61.9 cm³/mol. The standard InChI is InChI=1S/C12H14N2O2/c1-6(2)8-4-9-7(3)10(12(15)16)14-11(9)13-5-8/h4-6H,1-3H3,(H,13,14)(H,15,16). The lowest BCUT2D eigenvalue weighted by Gasteiger charge is -2.03. The molecular weight excluding hydrogens is 204 g/mol. The summed E-state index contributed by atoms with van der Waals surface area (Å²) in [5.74, 6) is -0.555. The highest BCUT2D eigenvalue weighted by atomic mass is 16.4. The highest BCUT2D eigenvalue weighted by Gasteiger charge is 2.14. The Hall–Kier alpha value is -1.84. The smallest absolute Gasteiger partial charge is 0.352 e. The number of aryl methyl sites for hydroxylation is 1. The van der Waals surface area contributed by atoms with E-state index in [1.54, 1.807) is 13.1 Å². The molecule has 0 spiro atoms. The number of H-pyrrole nitrogens is 1. The molecule has 4 heteroatoms. The minimum atomic E-state index is -0.943. The van der Waals surface area contributed by atoms with Gasteiger partial charge in [0.15, 0.2) is 0 Å². The molecule has 0 aromatic carbocycles. The van der Waals surface area contributed by atoms with Crippen LogP contribution in [0.25, 0.3) is 11.0 Å². The number of carboxylic acids is 1. The summed E-state index contributed by atoms with van der Waals surface area (Å²) in [5.41, 5.74) is 2.73. The first-order valence-electron chi connectivity index (χ1n) is 5.22. The van der Waals surface area contributed by atoms with E-state index in [0.717, 1.165) is 16.5 Å². The zero-order chi connectivity index (χ0) is 11.9. The van der Waals surface area contributed by atoms with Gasteiger partial charge in [-0.2, -0.15) is 0 Å². The van der Waals surface area contributed by atoms with Gasteiger partial charge in [-0.15, -0.1) is 0 Å². The number of rotatable bonds is 2. The van der Waals surface area contributed by atoms with Crippen molar-refractivity contribution in [2.75, 3.05) is 0 Å². The van der Waals surface area contributed by atoms with E-state index in [4.69, 9.17) is 5.11 Å². The van der Waals surface area contributed by atoms with Crippen molar-refractivity contribution in [3.05, 3.63) is 29.1 Å². The number of carbonyl (C=O) groups is 1. The molecule has 0 bridgehead atoms. The molecule has 16 heavy (non-hydrogen) atoms. The number of pyridine rings is 1. The maximum atomic E-state index is 11.0. The minimum Gasteiger partial charge on any atom is -0.477 e. The van der Waals surface area contributed by atoms with Gasteiger partial charge in [-0.05, 0) is 30.0 Å². The summed E-state index contributed by atoms with van der Waals surface area (Å²) in [4.78, 5) is 18.0. The van der Waals surface area contributed by atoms with E-state index in [9.17, 15) is 4.79 Å². The SMILES string of the molecule is Cc1c(C(=O)O)[nH]c2ncc(C(C)C)cc12. The fourth-order valence-corrected chi connectivity index (χ4v) is 1.74. The van der Waals surface area contributed by atoms with Crippen LogP contribution >= 0.6 is 0 Å². The second-order valence-electron chi connectivity index (χ2n) is 4.25. The largest absolute Gasteiger partial charge is 0.477 e. The molecule has 0 fully saturated rings. The lowest BCUT2D eigenvalue weighted by atomic mass is 10.0.